The first-order valence-electron chi connectivity index (χ1n) is 14.5. The standard InChI is InChI=1S/C34H34FN3O4/c1-21-18-29(41-2)36-20-27(21)33(23-6-5-7-23)32(24-12-9-22(10-13-24)11-16-31(39)40)25-14-15-28-26(19-25)34(35)37-38(28)30-8-3-4-17-42-30/h9-16,18-20,23,30H,3-8,17H2,1-2H3,(H,39,40)/b16-11?,33-32+. The maximum Gasteiger partial charge on any atom is 0.328 e. The molecule has 1 saturated heterocycles. The number of aliphatic carboxylic acids is 1. The first-order chi connectivity index (χ1) is 20.4. The number of aromatic nitrogens is 3. The summed E-state index contributed by atoms with van der Waals surface area (Å²) in [6.45, 7) is 2.71. The quantitative estimate of drug-likeness (QED) is 0.223. The van der Waals surface area contributed by atoms with E-state index in [1.54, 1.807) is 17.9 Å². The Hall–Kier alpha value is -4.30. The number of ether oxygens (including phenoxy) is 2. The van der Waals surface area contributed by atoms with Crippen LogP contribution >= 0.6 is 0 Å². The number of pyridine rings is 1. The second-order valence-electron chi connectivity index (χ2n) is 11.0. The Labute approximate surface area is 244 Å². The fourth-order valence-electron chi connectivity index (χ4n) is 5.98. The van der Waals surface area contributed by atoms with Crippen LogP contribution in [0.2, 0.25) is 0 Å². The van der Waals surface area contributed by atoms with Gasteiger partial charge in [-0.25, -0.2) is 14.5 Å². The zero-order chi connectivity index (χ0) is 29.2. The number of carboxylic acids is 1. The van der Waals surface area contributed by atoms with Crippen molar-refractivity contribution < 1.29 is 23.8 Å². The molecule has 4 aromatic rings. The maximum absolute atomic E-state index is 15.4. The minimum Gasteiger partial charge on any atom is -0.481 e. The lowest BCUT2D eigenvalue weighted by molar-refractivity contribution is -0.131. The zero-order valence-corrected chi connectivity index (χ0v) is 23.8. The smallest absolute Gasteiger partial charge is 0.328 e. The molecule has 2 aromatic carbocycles. The Bertz CT molecular complexity index is 1680. The second kappa shape index (κ2) is 11.9. The lowest BCUT2D eigenvalue weighted by atomic mass is 9.72. The van der Waals surface area contributed by atoms with Gasteiger partial charge < -0.3 is 14.6 Å². The molecule has 3 heterocycles. The van der Waals surface area contributed by atoms with Gasteiger partial charge in [0.15, 0.2) is 6.23 Å². The first kappa shape index (κ1) is 27.8. The molecule has 0 spiro atoms. The molecule has 0 bridgehead atoms. The van der Waals surface area contributed by atoms with Crippen LogP contribution in [0.25, 0.3) is 28.1 Å². The van der Waals surface area contributed by atoms with Crippen molar-refractivity contribution in [1.29, 1.82) is 0 Å². The number of benzene rings is 2. The van der Waals surface area contributed by atoms with Gasteiger partial charge in [-0.05, 0) is 96.6 Å². The van der Waals surface area contributed by atoms with Gasteiger partial charge in [-0.3, -0.25) is 0 Å². The predicted octanol–water partition coefficient (Wildman–Crippen LogP) is 7.44. The van der Waals surface area contributed by atoms with Gasteiger partial charge in [-0.2, -0.15) is 4.39 Å². The molecule has 1 unspecified atom stereocenters. The molecule has 1 aliphatic heterocycles. The third kappa shape index (κ3) is 5.46. The molecule has 1 atom stereocenters. The third-order valence-corrected chi connectivity index (χ3v) is 8.36. The van der Waals surface area contributed by atoms with Crippen LogP contribution in [0.1, 0.15) is 72.6 Å². The van der Waals surface area contributed by atoms with E-state index in [0.717, 1.165) is 78.0 Å². The third-order valence-electron chi connectivity index (χ3n) is 8.36. The fraction of sp³-hybridized carbons (Fsp3) is 0.324. The second-order valence-corrected chi connectivity index (χ2v) is 11.0. The molecule has 2 aromatic heterocycles. The van der Waals surface area contributed by atoms with Gasteiger partial charge >= 0.3 is 5.97 Å². The Morgan fingerprint density at radius 2 is 1.86 bits per heavy atom. The van der Waals surface area contributed by atoms with Crippen LogP contribution in [0.3, 0.4) is 0 Å². The van der Waals surface area contributed by atoms with E-state index in [4.69, 9.17) is 14.6 Å². The topological polar surface area (TPSA) is 86.5 Å². The summed E-state index contributed by atoms with van der Waals surface area (Å²) >= 11 is 0. The van der Waals surface area contributed by atoms with Gasteiger partial charge in [0, 0.05) is 30.5 Å². The summed E-state index contributed by atoms with van der Waals surface area (Å²) in [4.78, 5) is 15.6. The van der Waals surface area contributed by atoms with E-state index in [1.807, 2.05) is 54.7 Å². The highest BCUT2D eigenvalue weighted by molar-refractivity contribution is 6.02. The fourth-order valence-corrected chi connectivity index (χ4v) is 5.98. The summed E-state index contributed by atoms with van der Waals surface area (Å²) in [6, 6.07) is 15.6. The Kier molecular flexibility index (Phi) is 7.89. The number of hydrogen-bond acceptors (Lipinski definition) is 5. The molecule has 216 valence electrons. The van der Waals surface area contributed by atoms with E-state index >= 15 is 4.39 Å². The van der Waals surface area contributed by atoms with E-state index in [2.05, 4.69) is 17.0 Å². The number of rotatable bonds is 8. The maximum atomic E-state index is 15.4. The van der Waals surface area contributed by atoms with Gasteiger partial charge in [0.1, 0.15) is 0 Å². The largest absolute Gasteiger partial charge is 0.481 e. The first-order valence-corrected chi connectivity index (χ1v) is 14.5. The van der Waals surface area contributed by atoms with Crippen LogP contribution in [-0.2, 0) is 9.53 Å². The minimum absolute atomic E-state index is 0.267. The molecular formula is C34H34FN3O4. The number of halogens is 1. The van der Waals surface area contributed by atoms with Crippen molar-refractivity contribution in [3.63, 3.8) is 0 Å². The molecule has 0 amide bonds. The number of carbonyl (C=O) groups is 1. The van der Waals surface area contributed by atoms with E-state index in [0.29, 0.717) is 29.3 Å². The predicted molar refractivity (Wildman–Crippen MR) is 160 cm³/mol. The van der Waals surface area contributed by atoms with Crippen LogP contribution in [0.5, 0.6) is 5.88 Å². The van der Waals surface area contributed by atoms with E-state index in [1.165, 1.54) is 5.57 Å². The average molecular weight is 568 g/mol. The average Bonchev–Trinajstić information content (AvgIpc) is 3.31. The van der Waals surface area contributed by atoms with Crippen molar-refractivity contribution in [2.75, 3.05) is 13.7 Å². The van der Waals surface area contributed by atoms with Crippen LogP contribution in [0.4, 0.5) is 4.39 Å². The molecule has 1 saturated carbocycles. The van der Waals surface area contributed by atoms with Crippen LogP contribution in [0.15, 0.2) is 60.8 Å². The molecule has 42 heavy (non-hydrogen) atoms. The summed E-state index contributed by atoms with van der Waals surface area (Å²) in [5.41, 5.74) is 7.61. The Balaban J connectivity index is 1.55. The zero-order valence-electron chi connectivity index (χ0n) is 23.8. The summed E-state index contributed by atoms with van der Waals surface area (Å²) in [5, 5.41) is 13.8. The minimum atomic E-state index is -0.996. The van der Waals surface area contributed by atoms with E-state index in [9.17, 15) is 4.79 Å². The lowest BCUT2D eigenvalue weighted by Gasteiger charge is -2.32. The van der Waals surface area contributed by atoms with Gasteiger partial charge in [0.25, 0.3) is 0 Å². The highest BCUT2D eigenvalue weighted by Gasteiger charge is 2.29. The molecule has 1 N–H and O–H groups in total. The molecule has 7 nitrogen and oxygen atoms in total. The van der Waals surface area contributed by atoms with Crippen molar-refractivity contribution >= 4 is 34.1 Å². The molecule has 1 aliphatic carbocycles. The number of nitrogens with zero attached hydrogens (tertiary/aromatic N) is 3. The number of aryl methyl sites for hydroxylation is 1. The van der Waals surface area contributed by atoms with Crippen LogP contribution < -0.4 is 4.74 Å². The Morgan fingerprint density at radius 1 is 1.07 bits per heavy atom. The van der Waals surface area contributed by atoms with Crippen molar-refractivity contribution in [2.45, 2.75) is 51.7 Å². The van der Waals surface area contributed by atoms with Crippen LogP contribution in [-0.4, -0.2) is 39.6 Å². The number of carboxylic acid groups (broad SMARTS) is 1. The van der Waals surface area contributed by atoms with Gasteiger partial charge in [-0.1, -0.05) is 36.8 Å². The number of allylic oxidation sites excluding steroid dienone is 1. The normalized spacial score (nSPS) is 18.2. The molecule has 8 heteroatoms. The number of fused-ring (bicyclic) bond motifs is 1. The molecule has 0 radical (unpaired) electrons. The summed E-state index contributed by atoms with van der Waals surface area (Å²) in [7, 11) is 1.61. The van der Waals surface area contributed by atoms with E-state index in [-0.39, 0.29) is 6.23 Å². The highest BCUT2D eigenvalue weighted by atomic mass is 19.1. The number of methoxy groups -OCH3 is 1. The monoisotopic (exact) mass is 567 g/mol. The molecule has 2 fully saturated rings. The van der Waals surface area contributed by atoms with Crippen molar-refractivity contribution in [3.8, 4) is 5.88 Å². The van der Waals surface area contributed by atoms with Gasteiger partial charge in [0.05, 0.1) is 18.0 Å². The van der Waals surface area contributed by atoms with Crippen molar-refractivity contribution in [2.24, 2.45) is 5.92 Å². The van der Waals surface area contributed by atoms with E-state index < -0.39 is 11.9 Å². The van der Waals surface area contributed by atoms with Crippen molar-refractivity contribution in [3.05, 3.63) is 94.6 Å². The summed E-state index contributed by atoms with van der Waals surface area (Å²) < 4.78 is 28.4. The molecule has 6 rings (SSSR count). The number of hydrogen-bond donors (Lipinski definition) is 1. The molecule has 2 aliphatic rings. The van der Waals surface area contributed by atoms with Gasteiger partial charge in [0.2, 0.25) is 11.8 Å². The molecular weight excluding hydrogens is 533 g/mol. The van der Waals surface area contributed by atoms with Gasteiger partial charge in [-0.15, -0.1) is 5.10 Å². The SMILES string of the molecule is COc1cc(C)c(/C(=C(\c2ccc(C=CC(=O)O)cc2)c2ccc3c(c2)c(F)nn3C2CCCCO2)C2CCC2)cn1. The van der Waals surface area contributed by atoms with Crippen LogP contribution in [0, 0.1) is 18.8 Å². The van der Waals surface area contributed by atoms with Crippen molar-refractivity contribution in [1.82, 2.24) is 14.8 Å². The Morgan fingerprint density at radius 3 is 2.50 bits per heavy atom. The lowest BCUT2D eigenvalue weighted by Crippen LogP contribution is -2.19. The summed E-state index contributed by atoms with van der Waals surface area (Å²) in [5.74, 6) is -0.633. The summed E-state index contributed by atoms with van der Waals surface area (Å²) in [6.07, 6.45) is 10.4. The highest BCUT2D eigenvalue weighted by Crippen LogP contribution is 2.46.